The monoisotopic (exact) mass is 218 g/mol. The van der Waals surface area contributed by atoms with Gasteiger partial charge in [0.25, 0.3) is 0 Å². The lowest BCUT2D eigenvalue weighted by Gasteiger charge is -2.14. The zero-order valence-corrected chi connectivity index (χ0v) is 9.70. The predicted octanol–water partition coefficient (Wildman–Crippen LogP) is 1.49. The van der Waals surface area contributed by atoms with Crippen LogP contribution in [0.3, 0.4) is 0 Å². The highest BCUT2D eigenvalue weighted by atomic mass is 16.2. The first-order chi connectivity index (χ1) is 7.76. The Morgan fingerprint density at radius 3 is 2.94 bits per heavy atom. The van der Waals surface area contributed by atoms with Gasteiger partial charge < -0.3 is 10.6 Å². The van der Waals surface area contributed by atoms with Crippen LogP contribution in [0.2, 0.25) is 0 Å². The van der Waals surface area contributed by atoms with Gasteiger partial charge in [-0.3, -0.25) is 4.79 Å². The summed E-state index contributed by atoms with van der Waals surface area (Å²) in [4.78, 5) is 13.5. The molecule has 0 aliphatic carbocycles. The summed E-state index contributed by atoms with van der Waals surface area (Å²) in [5, 5.41) is 0. The Hall–Kier alpha value is -1.35. The van der Waals surface area contributed by atoms with Gasteiger partial charge in [0.15, 0.2) is 0 Å². The second-order valence-electron chi connectivity index (χ2n) is 4.17. The van der Waals surface area contributed by atoms with E-state index in [1.54, 1.807) is 0 Å². The fourth-order valence-corrected chi connectivity index (χ4v) is 2.24. The van der Waals surface area contributed by atoms with E-state index in [-0.39, 0.29) is 5.91 Å². The van der Waals surface area contributed by atoms with Crippen molar-refractivity contribution in [3.05, 3.63) is 29.3 Å². The Labute approximate surface area is 96.2 Å². The maximum Gasteiger partial charge on any atom is 0.231 e. The van der Waals surface area contributed by atoms with Crippen molar-refractivity contribution in [2.75, 3.05) is 18.0 Å². The van der Waals surface area contributed by atoms with Crippen molar-refractivity contribution < 1.29 is 4.79 Å². The van der Waals surface area contributed by atoms with Crippen LogP contribution in [0, 0.1) is 0 Å². The number of fused-ring (bicyclic) bond motifs is 1. The average Bonchev–Trinajstić information content (AvgIpc) is 2.60. The summed E-state index contributed by atoms with van der Waals surface area (Å²) >= 11 is 0. The molecule has 1 aliphatic rings. The molecule has 3 nitrogen and oxygen atoms in total. The third-order valence-corrected chi connectivity index (χ3v) is 3.06. The summed E-state index contributed by atoms with van der Waals surface area (Å²) in [6.07, 6.45) is 2.56. The van der Waals surface area contributed by atoms with Gasteiger partial charge in [-0.25, -0.2) is 0 Å². The summed E-state index contributed by atoms with van der Waals surface area (Å²) in [7, 11) is 0. The number of anilines is 1. The van der Waals surface area contributed by atoms with Gasteiger partial charge >= 0.3 is 0 Å². The van der Waals surface area contributed by atoms with E-state index < -0.39 is 0 Å². The van der Waals surface area contributed by atoms with E-state index in [0.29, 0.717) is 6.42 Å². The first-order valence-corrected chi connectivity index (χ1v) is 5.88. The third-order valence-electron chi connectivity index (χ3n) is 3.06. The fourth-order valence-electron chi connectivity index (χ4n) is 2.24. The number of carbonyl (C=O) groups is 1. The number of amides is 1. The number of benzene rings is 1. The first kappa shape index (κ1) is 11.1. The van der Waals surface area contributed by atoms with E-state index in [2.05, 4.69) is 18.2 Å². The van der Waals surface area contributed by atoms with Gasteiger partial charge in [0.2, 0.25) is 5.91 Å². The van der Waals surface area contributed by atoms with Crippen LogP contribution in [-0.2, 0) is 17.6 Å². The molecule has 0 saturated heterocycles. The minimum Gasteiger partial charge on any atom is -0.330 e. The number of nitrogens with zero attached hydrogens (tertiary/aromatic N) is 1. The van der Waals surface area contributed by atoms with Crippen molar-refractivity contribution in [1.29, 1.82) is 0 Å². The van der Waals surface area contributed by atoms with Crippen molar-refractivity contribution in [2.45, 2.75) is 26.2 Å². The topological polar surface area (TPSA) is 46.3 Å². The zero-order valence-electron chi connectivity index (χ0n) is 9.70. The van der Waals surface area contributed by atoms with Gasteiger partial charge in [0.05, 0.1) is 6.42 Å². The van der Waals surface area contributed by atoms with Gasteiger partial charge in [-0.1, -0.05) is 12.1 Å². The van der Waals surface area contributed by atoms with E-state index >= 15 is 0 Å². The molecule has 1 aliphatic heterocycles. The van der Waals surface area contributed by atoms with Crippen LogP contribution in [0.25, 0.3) is 0 Å². The molecule has 0 fully saturated rings. The number of aryl methyl sites for hydroxylation is 1. The lowest BCUT2D eigenvalue weighted by molar-refractivity contribution is -0.117. The third kappa shape index (κ3) is 1.95. The van der Waals surface area contributed by atoms with Crippen LogP contribution < -0.4 is 10.6 Å². The molecular formula is C13H18N2O. The number of carbonyl (C=O) groups excluding carboxylic acids is 1. The number of hydrogen-bond donors (Lipinski definition) is 1. The highest BCUT2D eigenvalue weighted by Crippen LogP contribution is 2.29. The summed E-state index contributed by atoms with van der Waals surface area (Å²) in [5.74, 6) is 0.216. The molecule has 1 aromatic rings. The van der Waals surface area contributed by atoms with Crippen LogP contribution >= 0.6 is 0 Å². The lowest BCUT2D eigenvalue weighted by Crippen LogP contribution is -2.25. The Morgan fingerprint density at radius 2 is 2.25 bits per heavy atom. The highest BCUT2D eigenvalue weighted by molar-refractivity contribution is 6.01. The summed E-state index contributed by atoms with van der Waals surface area (Å²) in [6.45, 7) is 3.49. The molecule has 0 radical (unpaired) electrons. The van der Waals surface area contributed by atoms with Gasteiger partial charge in [-0.05, 0) is 43.5 Å². The first-order valence-electron chi connectivity index (χ1n) is 5.88. The molecule has 3 heteroatoms. The van der Waals surface area contributed by atoms with E-state index in [1.165, 1.54) is 11.1 Å². The number of likely N-dealkylation sites (N-methyl/N-ethyl adjacent to an activating group) is 1. The molecule has 2 N–H and O–H groups in total. The lowest BCUT2D eigenvalue weighted by atomic mass is 10.0. The maximum atomic E-state index is 11.7. The van der Waals surface area contributed by atoms with E-state index in [0.717, 1.165) is 31.6 Å². The van der Waals surface area contributed by atoms with Crippen LogP contribution in [0.1, 0.15) is 24.5 Å². The largest absolute Gasteiger partial charge is 0.330 e. The van der Waals surface area contributed by atoms with Crippen molar-refractivity contribution in [1.82, 2.24) is 0 Å². The van der Waals surface area contributed by atoms with Gasteiger partial charge in [-0.2, -0.15) is 0 Å². The van der Waals surface area contributed by atoms with Crippen molar-refractivity contribution in [2.24, 2.45) is 5.73 Å². The molecule has 0 atom stereocenters. The van der Waals surface area contributed by atoms with Gasteiger partial charge in [0, 0.05) is 12.2 Å². The highest BCUT2D eigenvalue weighted by Gasteiger charge is 2.25. The van der Waals surface area contributed by atoms with Crippen molar-refractivity contribution >= 4 is 11.6 Å². The van der Waals surface area contributed by atoms with E-state index in [9.17, 15) is 4.79 Å². The smallest absolute Gasteiger partial charge is 0.231 e. The molecule has 1 amide bonds. The fraction of sp³-hybridized carbons (Fsp3) is 0.462. The van der Waals surface area contributed by atoms with E-state index in [1.807, 2.05) is 11.8 Å². The Morgan fingerprint density at radius 1 is 1.44 bits per heavy atom. The number of rotatable bonds is 4. The molecule has 0 bridgehead atoms. The second kappa shape index (κ2) is 4.66. The van der Waals surface area contributed by atoms with Gasteiger partial charge in [0.1, 0.15) is 0 Å². The Balaban J connectivity index is 2.22. The number of hydrogen-bond acceptors (Lipinski definition) is 2. The molecule has 16 heavy (non-hydrogen) atoms. The molecule has 0 aromatic heterocycles. The van der Waals surface area contributed by atoms with Crippen molar-refractivity contribution in [3.63, 3.8) is 0 Å². The number of nitrogens with two attached hydrogens (primary N) is 1. The predicted molar refractivity (Wildman–Crippen MR) is 65.5 cm³/mol. The molecule has 0 unspecified atom stereocenters. The molecule has 0 saturated carbocycles. The van der Waals surface area contributed by atoms with E-state index in [4.69, 9.17) is 5.73 Å². The second-order valence-corrected chi connectivity index (χ2v) is 4.17. The molecule has 1 heterocycles. The van der Waals surface area contributed by atoms with Crippen LogP contribution in [-0.4, -0.2) is 19.0 Å². The quantitative estimate of drug-likeness (QED) is 0.832. The standard InChI is InChI=1S/C13H18N2O/c1-2-15-12-6-5-10(4-3-7-14)8-11(12)9-13(15)16/h5-6,8H,2-4,7,9,14H2,1H3. The summed E-state index contributed by atoms with van der Waals surface area (Å²) in [6, 6.07) is 6.32. The molecule has 86 valence electrons. The minimum atomic E-state index is 0.216. The summed E-state index contributed by atoms with van der Waals surface area (Å²) in [5.41, 5.74) is 9.03. The Kier molecular flexibility index (Phi) is 3.25. The molecule has 1 aromatic carbocycles. The average molecular weight is 218 g/mol. The van der Waals surface area contributed by atoms with Crippen LogP contribution in [0.4, 0.5) is 5.69 Å². The summed E-state index contributed by atoms with van der Waals surface area (Å²) < 4.78 is 0. The van der Waals surface area contributed by atoms with Crippen LogP contribution in [0.5, 0.6) is 0 Å². The maximum absolute atomic E-state index is 11.7. The molecule has 0 spiro atoms. The SMILES string of the molecule is CCN1C(=O)Cc2cc(CCCN)ccc21. The molecular weight excluding hydrogens is 200 g/mol. The zero-order chi connectivity index (χ0) is 11.5. The molecule has 2 rings (SSSR count). The van der Waals surface area contributed by atoms with Crippen molar-refractivity contribution in [3.8, 4) is 0 Å². The minimum absolute atomic E-state index is 0.216. The van der Waals surface area contributed by atoms with Crippen LogP contribution in [0.15, 0.2) is 18.2 Å². The Bertz CT molecular complexity index is 401. The normalized spacial score (nSPS) is 14.4. The van der Waals surface area contributed by atoms with Gasteiger partial charge in [-0.15, -0.1) is 0 Å².